The van der Waals surface area contributed by atoms with Gasteiger partial charge < -0.3 is 4.90 Å². The molecule has 3 heteroatoms. The lowest BCUT2D eigenvalue weighted by molar-refractivity contribution is -0.136. The minimum atomic E-state index is -0.139. The summed E-state index contributed by atoms with van der Waals surface area (Å²) in [5, 5.41) is 0. The number of rotatable bonds is 5. The molecule has 112 valence electrons. The van der Waals surface area contributed by atoms with Crippen molar-refractivity contribution >= 4 is 17.7 Å². The number of thioether (sulfide) groups is 1. The van der Waals surface area contributed by atoms with Gasteiger partial charge in [0.2, 0.25) is 5.91 Å². The number of carbonyl (C=O) groups excluding carboxylic acids is 1. The third-order valence-corrected chi connectivity index (χ3v) is 4.62. The van der Waals surface area contributed by atoms with E-state index >= 15 is 0 Å². The van der Waals surface area contributed by atoms with Gasteiger partial charge in [-0.1, -0.05) is 48.2 Å². The van der Waals surface area contributed by atoms with Crippen LogP contribution in [0.4, 0.5) is 0 Å². The standard InChI is InChI=1S/C18H23NOS/c1-13(2)19(14(3)4)18(20)16-11-8-12-17(16)21-15-9-6-5-7-10-15/h5-14,16H,1-4H3. The summed E-state index contributed by atoms with van der Waals surface area (Å²) in [4.78, 5) is 17.1. The van der Waals surface area contributed by atoms with Crippen LogP contribution in [-0.4, -0.2) is 22.9 Å². The number of nitrogens with zero attached hydrogens (tertiary/aromatic N) is 1. The maximum Gasteiger partial charge on any atom is 0.234 e. The second kappa shape index (κ2) is 6.99. The number of hydrogen-bond donors (Lipinski definition) is 0. The third kappa shape index (κ3) is 3.79. The zero-order chi connectivity index (χ0) is 15.4. The van der Waals surface area contributed by atoms with Gasteiger partial charge in [0.1, 0.15) is 0 Å². The summed E-state index contributed by atoms with van der Waals surface area (Å²) in [6.45, 7) is 8.29. The van der Waals surface area contributed by atoms with Crippen LogP contribution in [0.2, 0.25) is 0 Å². The molecule has 0 radical (unpaired) electrons. The van der Waals surface area contributed by atoms with Gasteiger partial charge in [-0.15, -0.1) is 0 Å². The second-order valence-corrected chi connectivity index (χ2v) is 6.93. The molecule has 1 aliphatic carbocycles. The summed E-state index contributed by atoms with van der Waals surface area (Å²) < 4.78 is 0. The lowest BCUT2D eigenvalue weighted by Gasteiger charge is -2.33. The first-order chi connectivity index (χ1) is 10.0. The Hall–Kier alpha value is -1.48. The van der Waals surface area contributed by atoms with Gasteiger partial charge in [0, 0.05) is 21.9 Å². The fourth-order valence-corrected chi connectivity index (χ4v) is 3.67. The average Bonchev–Trinajstić information content (AvgIpc) is 2.87. The van der Waals surface area contributed by atoms with Crippen molar-refractivity contribution in [2.45, 2.75) is 44.7 Å². The van der Waals surface area contributed by atoms with Gasteiger partial charge >= 0.3 is 0 Å². The van der Waals surface area contributed by atoms with E-state index in [2.05, 4.69) is 45.9 Å². The smallest absolute Gasteiger partial charge is 0.234 e. The van der Waals surface area contributed by atoms with Crippen molar-refractivity contribution in [3.05, 3.63) is 53.5 Å². The molecule has 1 unspecified atom stereocenters. The van der Waals surface area contributed by atoms with E-state index in [-0.39, 0.29) is 23.9 Å². The SMILES string of the molecule is CC(C)N(C(=O)C1C=CC=C1Sc1ccccc1)C(C)C. The van der Waals surface area contributed by atoms with E-state index in [0.29, 0.717) is 0 Å². The molecule has 1 amide bonds. The van der Waals surface area contributed by atoms with Crippen LogP contribution in [0.15, 0.2) is 58.4 Å². The van der Waals surface area contributed by atoms with Crippen LogP contribution in [0.25, 0.3) is 0 Å². The summed E-state index contributed by atoms with van der Waals surface area (Å²) in [6.07, 6.45) is 6.05. The van der Waals surface area contributed by atoms with Gasteiger partial charge in [-0.05, 0) is 39.8 Å². The van der Waals surface area contributed by atoms with E-state index < -0.39 is 0 Å². The van der Waals surface area contributed by atoms with Gasteiger partial charge in [-0.25, -0.2) is 0 Å². The zero-order valence-electron chi connectivity index (χ0n) is 13.1. The van der Waals surface area contributed by atoms with Crippen molar-refractivity contribution in [1.29, 1.82) is 0 Å². The molecule has 1 aromatic carbocycles. The summed E-state index contributed by atoms with van der Waals surface area (Å²) in [5.74, 6) is 0.0587. The topological polar surface area (TPSA) is 20.3 Å². The zero-order valence-corrected chi connectivity index (χ0v) is 13.9. The predicted octanol–water partition coefficient (Wildman–Crippen LogP) is 4.49. The number of amides is 1. The first kappa shape index (κ1) is 15.9. The molecule has 0 saturated heterocycles. The highest BCUT2D eigenvalue weighted by Crippen LogP contribution is 2.36. The van der Waals surface area contributed by atoms with Crippen LogP contribution in [0.5, 0.6) is 0 Å². The Kier molecular flexibility index (Phi) is 5.29. The molecule has 0 heterocycles. The molecule has 0 bridgehead atoms. The van der Waals surface area contributed by atoms with Crippen molar-refractivity contribution in [1.82, 2.24) is 4.90 Å². The first-order valence-corrected chi connectivity index (χ1v) is 8.25. The number of carbonyl (C=O) groups is 1. The second-order valence-electron chi connectivity index (χ2n) is 5.78. The van der Waals surface area contributed by atoms with Gasteiger partial charge in [0.05, 0.1) is 5.92 Å². The number of allylic oxidation sites excluding steroid dienone is 2. The van der Waals surface area contributed by atoms with Crippen molar-refractivity contribution < 1.29 is 4.79 Å². The van der Waals surface area contributed by atoms with E-state index in [1.807, 2.05) is 35.3 Å². The molecule has 1 aliphatic rings. The van der Waals surface area contributed by atoms with Crippen LogP contribution in [0.1, 0.15) is 27.7 Å². The molecule has 0 aliphatic heterocycles. The van der Waals surface area contributed by atoms with Crippen LogP contribution in [0.3, 0.4) is 0 Å². The Labute approximate surface area is 131 Å². The quantitative estimate of drug-likeness (QED) is 0.798. The number of benzene rings is 1. The summed E-state index contributed by atoms with van der Waals surface area (Å²) in [6, 6.07) is 10.6. The van der Waals surface area contributed by atoms with Gasteiger partial charge in [0.25, 0.3) is 0 Å². The Morgan fingerprint density at radius 3 is 2.29 bits per heavy atom. The molecule has 21 heavy (non-hydrogen) atoms. The summed E-state index contributed by atoms with van der Waals surface area (Å²) in [5.41, 5.74) is 0. The molecule has 0 fully saturated rings. The summed E-state index contributed by atoms with van der Waals surface area (Å²) in [7, 11) is 0. The van der Waals surface area contributed by atoms with Crippen molar-refractivity contribution in [2.75, 3.05) is 0 Å². The Morgan fingerprint density at radius 2 is 1.71 bits per heavy atom. The highest BCUT2D eigenvalue weighted by atomic mass is 32.2. The molecule has 0 spiro atoms. The third-order valence-electron chi connectivity index (χ3n) is 3.48. The molecule has 1 aromatic rings. The van der Waals surface area contributed by atoms with Crippen LogP contribution >= 0.6 is 11.8 Å². The monoisotopic (exact) mass is 301 g/mol. The molecular formula is C18H23NOS. The maximum atomic E-state index is 12.8. The van der Waals surface area contributed by atoms with Crippen LogP contribution < -0.4 is 0 Å². The average molecular weight is 301 g/mol. The maximum absolute atomic E-state index is 12.8. The largest absolute Gasteiger partial charge is 0.337 e. The van der Waals surface area contributed by atoms with E-state index in [0.717, 1.165) is 4.91 Å². The highest BCUT2D eigenvalue weighted by molar-refractivity contribution is 8.03. The molecular weight excluding hydrogens is 278 g/mol. The molecule has 0 saturated carbocycles. The van der Waals surface area contributed by atoms with Crippen molar-refractivity contribution in [3.8, 4) is 0 Å². The van der Waals surface area contributed by atoms with Gasteiger partial charge in [-0.2, -0.15) is 0 Å². The fourth-order valence-electron chi connectivity index (χ4n) is 2.65. The van der Waals surface area contributed by atoms with Crippen LogP contribution in [0, 0.1) is 5.92 Å². The van der Waals surface area contributed by atoms with Crippen molar-refractivity contribution in [2.24, 2.45) is 5.92 Å². The van der Waals surface area contributed by atoms with Crippen molar-refractivity contribution in [3.63, 3.8) is 0 Å². The molecule has 2 rings (SSSR count). The molecule has 1 atom stereocenters. The lowest BCUT2D eigenvalue weighted by Crippen LogP contribution is -2.44. The lowest BCUT2D eigenvalue weighted by atomic mass is 10.1. The van der Waals surface area contributed by atoms with E-state index in [9.17, 15) is 4.79 Å². The Morgan fingerprint density at radius 1 is 1.10 bits per heavy atom. The first-order valence-electron chi connectivity index (χ1n) is 7.44. The Balaban J connectivity index is 2.14. The Bertz CT molecular complexity index is 538. The highest BCUT2D eigenvalue weighted by Gasteiger charge is 2.30. The molecule has 0 aromatic heterocycles. The fraction of sp³-hybridized carbons (Fsp3) is 0.389. The molecule has 0 N–H and O–H groups in total. The molecule has 2 nitrogen and oxygen atoms in total. The normalized spacial score (nSPS) is 17.4. The van der Waals surface area contributed by atoms with E-state index in [1.54, 1.807) is 11.8 Å². The van der Waals surface area contributed by atoms with E-state index in [4.69, 9.17) is 0 Å². The van der Waals surface area contributed by atoms with Gasteiger partial charge in [0.15, 0.2) is 0 Å². The van der Waals surface area contributed by atoms with Crippen LogP contribution in [-0.2, 0) is 4.79 Å². The van der Waals surface area contributed by atoms with Gasteiger partial charge in [-0.3, -0.25) is 4.79 Å². The minimum absolute atomic E-state index is 0.139. The summed E-state index contributed by atoms with van der Waals surface area (Å²) >= 11 is 1.68. The number of hydrogen-bond acceptors (Lipinski definition) is 2. The predicted molar refractivity (Wildman–Crippen MR) is 90.1 cm³/mol. The minimum Gasteiger partial charge on any atom is -0.337 e. The van der Waals surface area contributed by atoms with E-state index in [1.165, 1.54) is 4.90 Å².